The van der Waals surface area contributed by atoms with Crippen molar-refractivity contribution in [1.82, 2.24) is 20.2 Å². The summed E-state index contributed by atoms with van der Waals surface area (Å²) in [7, 11) is 0. The van der Waals surface area contributed by atoms with Gasteiger partial charge in [0.15, 0.2) is 0 Å². The first-order chi connectivity index (χ1) is 11.1. The number of rotatable bonds is 3. The number of carbonyl (C=O) groups is 1. The number of carbonyl (C=O) groups excluding carboxylic acids is 1. The molecular formula is C17H27N5O. The third-order valence-electron chi connectivity index (χ3n) is 4.91. The largest absolute Gasteiger partial charge is 0.369 e. The zero-order chi connectivity index (χ0) is 16.2. The van der Waals surface area contributed by atoms with E-state index in [1.807, 2.05) is 11.8 Å². The van der Waals surface area contributed by atoms with Gasteiger partial charge in [0.25, 0.3) is 0 Å². The van der Waals surface area contributed by atoms with Crippen LogP contribution in [0.2, 0.25) is 0 Å². The topological polar surface area (TPSA) is 70.2 Å². The van der Waals surface area contributed by atoms with E-state index in [0.717, 1.165) is 70.0 Å². The van der Waals surface area contributed by atoms with E-state index in [1.54, 1.807) is 6.92 Å². The molecule has 126 valence electrons. The minimum atomic E-state index is 0.195. The molecule has 0 saturated carbocycles. The number of fused-ring (bicyclic) bond motifs is 1. The van der Waals surface area contributed by atoms with Crippen molar-refractivity contribution >= 4 is 11.7 Å². The second-order valence-electron chi connectivity index (χ2n) is 6.63. The third-order valence-corrected chi connectivity index (χ3v) is 4.91. The summed E-state index contributed by atoms with van der Waals surface area (Å²) in [5.74, 6) is 2.67. The van der Waals surface area contributed by atoms with Crippen LogP contribution in [0.1, 0.15) is 36.8 Å². The third kappa shape index (κ3) is 3.99. The predicted octanol–water partition coefficient (Wildman–Crippen LogP) is 1.14. The summed E-state index contributed by atoms with van der Waals surface area (Å²) >= 11 is 0. The van der Waals surface area contributed by atoms with Gasteiger partial charge in [0.2, 0.25) is 5.91 Å². The number of nitrogens with one attached hydrogen (secondary N) is 2. The Morgan fingerprint density at radius 1 is 1.26 bits per heavy atom. The number of anilines is 1. The van der Waals surface area contributed by atoms with Crippen LogP contribution < -0.4 is 10.6 Å². The smallest absolute Gasteiger partial charge is 0.219 e. The normalized spacial score (nSPS) is 19.1. The number of hydrogen-bond donors (Lipinski definition) is 2. The minimum Gasteiger partial charge on any atom is -0.369 e. The molecule has 0 aromatic carbocycles. The van der Waals surface area contributed by atoms with Gasteiger partial charge in [-0.1, -0.05) is 0 Å². The molecule has 1 saturated heterocycles. The maximum atomic E-state index is 11.4. The summed E-state index contributed by atoms with van der Waals surface area (Å²) < 4.78 is 0. The Bertz CT molecular complexity index is 566. The number of aromatic nitrogens is 2. The van der Waals surface area contributed by atoms with Gasteiger partial charge < -0.3 is 15.5 Å². The SMILES string of the molecule is CC(=O)N1CCC(CNc2nc(C)nc3c2CCNCC3)CC1. The molecule has 6 nitrogen and oxygen atoms in total. The number of amides is 1. The number of aryl methyl sites for hydroxylation is 1. The van der Waals surface area contributed by atoms with Crippen LogP contribution in [0.5, 0.6) is 0 Å². The van der Waals surface area contributed by atoms with E-state index in [-0.39, 0.29) is 5.91 Å². The number of piperidine rings is 1. The molecule has 0 spiro atoms. The monoisotopic (exact) mass is 317 g/mol. The standard InChI is InChI=1S/C17H27N5O/c1-12-20-16-4-8-18-7-3-15(16)17(21-12)19-11-14-5-9-22(10-6-14)13(2)23/h14,18H,3-11H2,1-2H3,(H,19,20,21). The average molecular weight is 317 g/mol. The van der Waals surface area contributed by atoms with Crippen molar-refractivity contribution in [2.45, 2.75) is 39.5 Å². The van der Waals surface area contributed by atoms with Crippen molar-refractivity contribution < 1.29 is 4.79 Å². The molecule has 2 aliphatic rings. The molecule has 3 heterocycles. The van der Waals surface area contributed by atoms with Gasteiger partial charge in [-0.05, 0) is 38.6 Å². The molecule has 1 amide bonds. The average Bonchev–Trinajstić information content (AvgIpc) is 2.78. The molecule has 2 N–H and O–H groups in total. The second kappa shape index (κ2) is 7.25. The summed E-state index contributed by atoms with van der Waals surface area (Å²) in [6.07, 6.45) is 4.10. The second-order valence-corrected chi connectivity index (χ2v) is 6.63. The summed E-state index contributed by atoms with van der Waals surface area (Å²) in [6.45, 7) is 8.30. The summed E-state index contributed by atoms with van der Waals surface area (Å²) in [4.78, 5) is 22.6. The Morgan fingerprint density at radius 3 is 2.74 bits per heavy atom. The zero-order valence-electron chi connectivity index (χ0n) is 14.2. The van der Waals surface area contributed by atoms with Crippen molar-refractivity contribution in [3.63, 3.8) is 0 Å². The van der Waals surface area contributed by atoms with Crippen LogP contribution in [0.25, 0.3) is 0 Å². The molecule has 6 heteroatoms. The maximum Gasteiger partial charge on any atom is 0.219 e. The van der Waals surface area contributed by atoms with Crippen molar-refractivity contribution in [3.05, 3.63) is 17.1 Å². The molecule has 0 atom stereocenters. The van der Waals surface area contributed by atoms with E-state index in [1.165, 1.54) is 11.3 Å². The Balaban J connectivity index is 1.62. The van der Waals surface area contributed by atoms with Gasteiger partial charge in [-0.2, -0.15) is 0 Å². The lowest BCUT2D eigenvalue weighted by Gasteiger charge is -2.31. The number of likely N-dealkylation sites (tertiary alicyclic amines) is 1. The van der Waals surface area contributed by atoms with E-state index in [4.69, 9.17) is 0 Å². The van der Waals surface area contributed by atoms with E-state index in [0.29, 0.717) is 5.92 Å². The molecule has 0 bridgehead atoms. The lowest BCUT2D eigenvalue weighted by molar-refractivity contribution is -0.130. The van der Waals surface area contributed by atoms with Crippen LogP contribution in [-0.4, -0.2) is 53.5 Å². The minimum absolute atomic E-state index is 0.195. The molecular weight excluding hydrogens is 290 g/mol. The lowest BCUT2D eigenvalue weighted by Crippen LogP contribution is -2.38. The highest BCUT2D eigenvalue weighted by Crippen LogP contribution is 2.22. The fraction of sp³-hybridized carbons (Fsp3) is 0.706. The van der Waals surface area contributed by atoms with Gasteiger partial charge in [0.05, 0.1) is 5.69 Å². The highest BCUT2D eigenvalue weighted by Gasteiger charge is 2.21. The first-order valence-electron chi connectivity index (χ1n) is 8.70. The first-order valence-corrected chi connectivity index (χ1v) is 8.70. The Labute approximate surface area is 138 Å². The van der Waals surface area contributed by atoms with Crippen molar-refractivity contribution in [1.29, 1.82) is 0 Å². The highest BCUT2D eigenvalue weighted by atomic mass is 16.2. The van der Waals surface area contributed by atoms with E-state index in [2.05, 4.69) is 20.6 Å². The first kappa shape index (κ1) is 16.2. The molecule has 1 fully saturated rings. The van der Waals surface area contributed by atoms with Crippen LogP contribution in [-0.2, 0) is 17.6 Å². The fourth-order valence-corrected chi connectivity index (χ4v) is 3.51. The zero-order valence-corrected chi connectivity index (χ0v) is 14.2. The highest BCUT2D eigenvalue weighted by molar-refractivity contribution is 5.73. The Morgan fingerprint density at radius 2 is 2.00 bits per heavy atom. The molecule has 23 heavy (non-hydrogen) atoms. The summed E-state index contributed by atoms with van der Waals surface area (Å²) in [5, 5.41) is 7.00. The van der Waals surface area contributed by atoms with Gasteiger partial charge >= 0.3 is 0 Å². The van der Waals surface area contributed by atoms with E-state index in [9.17, 15) is 4.79 Å². The molecule has 0 unspecified atom stereocenters. The van der Waals surface area contributed by atoms with Crippen molar-refractivity contribution in [2.24, 2.45) is 5.92 Å². The molecule has 2 aliphatic heterocycles. The molecule has 0 aliphatic carbocycles. The summed E-state index contributed by atoms with van der Waals surface area (Å²) in [6, 6.07) is 0. The van der Waals surface area contributed by atoms with Crippen LogP contribution in [0.3, 0.4) is 0 Å². The molecule has 0 radical (unpaired) electrons. The Kier molecular flexibility index (Phi) is 5.10. The van der Waals surface area contributed by atoms with Crippen LogP contribution >= 0.6 is 0 Å². The molecule has 3 rings (SSSR count). The quantitative estimate of drug-likeness (QED) is 0.875. The van der Waals surface area contributed by atoms with Crippen LogP contribution in [0.15, 0.2) is 0 Å². The van der Waals surface area contributed by atoms with Crippen molar-refractivity contribution in [3.8, 4) is 0 Å². The van der Waals surface area contributed by atoms with E-state index < -0.39 is 0 Å². The lowest BCUT2D eigenvalue weighted by atomic mass is 9.96. The summed E-state index contributed by atoms with van der Waals surface area (Å²) in [5.41, 5.74) is 2.47. The number of hydrogen-bond acceptors (Lipinski definition) is 5. The fourth-order valence-electron chi connectivity index (χ4n) is 3.51. The van der Waals surface area contributed by atoms with Gasteiger partial charge in [-0.25, -0.2) is 9.97 Å². The van der Waals surface area contributed by atoms with Gasteiger partial charge in [0.1, 0.15) is 11.6 Å². The molecule has 1 aromatic heterocycles. The van der Waals surface area contributed by atoms with E-state index >= 15 is 0 Å². The predicted molar refractivity (Wildman–Crippen MR) is 90.5 cm³/mol. The van der Waals surface area contributed by atoms with Gasteiger partial charge in [-0.3, -0.25) is 4.79 Å². The van der Waals surface area contributed by atoms with Crippen LogP contribution in [0.4, 0.5) is 5.82 Å². The van der Waals surface area contributed by atoms with Crippen LogP contribution in [0, 0.1) is 12.8 Å². The van der Waals surface area contributed by atoms with Crippen molar-refractivity contribution in [2.75, 3.05) is 38.0 Å². The maximum absolute atomic E-state index is 11.4. The molecule has 1 aromatic rings. The Hall–Kier alpha value is -1.69. The van der Waals surface area contributed by atoms with Gasteiger partial charge in [-0.15, -0.1) is 0 Å². The van der Waals surface area contributed by atoms with Gasteiger partial charge in [0, 0.05) is 45.1 Å². The number of nitrogens with zero attached hydrogens (tertiary/aromatic N) is 3.